The van der Waals surface area contributed by atoms with Crippen LogP contribution in [-0.2, 0) is 24.3 Å². The third kappa shape index (κ3) is 6.66. The average Bonchev–Trinajstić information content (AvgIpc) is 3.43. The standard InChI is InChI=1S/C37H44N4O5/c1-7-44-34-30(35(42)43)21-38-41(34)32-13-9-12-31(39-32)29-11-8-10-24(2)33(29)45-23-25-14-15-27-22-40(17-16-26(27)18-25)28-19-36(3,4)46-37(5,6)20-28/h8-15,18,21,28H,7,16-17,19-20,22-23H2,1-6H3,(H,42,43). The van der Waals surface area contributed by atoms with Crippen LogP contribution < -0.4 is 9.47 Å². The maximum absolute atomic E-state index is 11.7. The average molecular weight is 625 g/mol. The largest absolute Gasteiger partial charge is 0.488 e. The Hall–Kier alpha value is -4.21. The van der Waals surface area contributed by atoms with E-state index in [9.17, 15) is 9.90 Å². The maximum Gasteiger partial charge on any atom is 0.342 e. The highest BCUT2D eigenvalue weighted by Gasteiger charge is 2.41. The van der Waals surface area contributed by atoms with Crippen molar-refractivity contribution < 1.29 is 24.1 Å². The molecule has 242 valence electrons. The van der Waals surface area contributed by atoms with Crippen molar-refractivity contribution in [3.8, 4) is 28.7 Å². The molecule has 0 aliphatic carbocycles. The summed E-state index contributed by atoms with van der Waals surface area (Å²) in [5.74, 6) is 0.262. The van der Waals surface area contributed by atoms with E-state index in [4.69, 9.17) is 19.2 Å². The van der Waals surface area contributed by atoms with E-state index in [1.54, 1.807) is 13.0 Å². The van der Waals surface area contributed by atoms with Gasteiger partial charge in [0.25, 0.3) is 0 Å². The lowest BCUT2D eigenvalue weighted by molar-refractivity contribution is -0.178. The van der Waals surface area contributed by atoms with Crippen molar-refractivity contribution in [1.29, 1.82) is 0 Å². The number of pyridine rings is 1. The molecule has 46 heavy (non-hydrogen) atoms. The molecule has 0 radical (unpaired) electrons. The van der Waals surface area contributed by atoms with Crippen molar-refractivity contribution in [3.63, 3.8) is 0 Å². The number of carbonyl (C=O) groups is 1. The molecule has 0 saturated carbocycles. The van der Waals surface area contributed by atoms with E-state index in [2.05, 4.69) is 55.9 Å². The molecule has 9 nitrogen and oxygen atoms in total. The van der Waals surface area contributed by atoms with Crippen LogP contribution in [0.4, 0.5) is 0 Å². The Morgan fingerprint density at radius 1 is 1.02 bits per heavy atom. The number of carboxylic acids is 1. The lowest BCUT2D eigenvalue weighted by Crippen LogP contribution is -2.53. The molecule has 2 aromatic carbocycles. The molecule has 4 heterocycles. The second-order valence-corrected chi connectivity index (χ2v) is 13.6. The third-order valence-corrected chi connectivity index (χ3v) is 8.89. The molecule has 1 fully saturated rings. The number of fused-ring (bicyclic) bond motifs is 1. The van der Waals surface area contributed by atoms with E-state index >= 15 is 0 Å². The SMILES string of the molecule is CCOc1c(C(=O)O)cnn1-c1cccc(-c2cccc(C)c2OCc2ccc3c(c2)CCN(C2CC(C)(C)OC(C)(C)C2)C3)n1. The number of rotatable bonds is 9. The van der Waals surface area contributed by atoms with Crippen molar-refractivity contribution in [2.75, 3.05) is 13.2 Å². The van der Waals surface area contributed by atoms with Crippen LogP contribution in [0.1, 0.15) is 80.1 Å². The summed E-state index contributed by atoms with van der Waals surface area (Å²) in [5.41, 5.74) is 6.22. The maximum atomic E-state index is 11.7. The Morgan fingerprint density at radius 2 is 1.78 bits per heavy atom. The van der Waals surface area contributed by atoms with Crippen molar-refractivity contribution >= 4 is 5.97 Å². The van der Waals surface area contributed by atoms with Gasteiger partial charge in [0.15, 0.2) is 5.82 Å². The molecule has 0 atom stereocenters. The summed E-state index contributed by atoms with van der Waals surface area (Å²) in [7, 11) is 0. The minimum atomic E-state index is -1.10. The normalized spacial score (nSPS) is 17.8. The third-order valence-electron chi connectivity index (χ3n) is 8.89. The van der Waals surface area contributed by atoms with Gasteiger partial charge in [0.2, 0.25) is 5.88 Å². The monoisotopic (exact) mass is 624 g/mol. The first-order valence-electron chi connectivity index (χ1n) is 16.1. The van der Waals surface area contributed by atoms with Gasteiger partial charge in [-0.1, -0.05) is 36.4 Å². The number of para-hydroxylation sites is 1. The lowest BCUT2D eigenvalue weighted by atomic mass is 9.83. The molecule has 1 saturated heterocycles. The summed E-state index contributed by atoms with van der Waals surface area (Å²) in [6, 6.07) is 18.8. The van der Waals surface area contributed by atoms with Crippen LogP contribution in [0, 0.1) is 6.92 Å². The molecule has 2 aliphatic rings. The van der Waals surface area contributed by atoms with Crippen molar-refractivity contribution in [2.45, 2.75) is 91.2 Å². The summed E-state index contributed by atoms with van der Waals surface area (Å²) in [6.45, 7) is 15.4. The fourth-order valence-corrected chi connectivity index (χ4v) is 7.14. The van der Waals surface area contributed by atoms with Gasteiger partial charge in [0, 0.05) is 24.7 Å². The van der Waals surface area contributed by atoms with Crippen LogP contribution in [0.2, 0.25) is 0 Å². The molecule has 0 amide bonds. The minimum absolute atomic E-state index is 0.0112. The summed E-state index contributed by atoms with van der Waals surface area (Å²) < 4.78 is 19.9. The van der Waals surface area contributed by atoms with Gasteiger partial charge in [-0.3, -0.25) is 4.90 Å². The van der Waals surface area contributed by atoms with Crippen LogP contribution in [0.5, 0.6) is 11.6 Å². The molecule has 1 N–H and O–H groups in total. The number of ether oxygens (including phenoxy) is 3. The topological polar surface area (TPSA) is 98.9 Å². The summed E-state index contributed by atoms with van der Waals surface area (Å²) in [4.78, 5) is 19.2. The Kier molecular flexibility index (Phi) is 8.65. The zero-order chi connectivity index (χ0) is 32.6. The second kappa shape index (κ2) is 12.5. The molecule has 2 aliphatic heterocycles. The van der Waals surface area contributed by atoms with Crippen LogP contribution in [0.25, 0.3) is 17.1 Å². The lowest BCUT2D eigenvalue weighted by Gasteiger charge is -2.49. The second-order valence-electron chi connectivity index (χ2n) is 13.6. The highest BCUT2D eigenvalue weighted by atomic mass is 16.5. The van der Waals surface area contributed by atoms with E-state index in [1.165, 1.54) is 22.0 Å². The van der Waals surface area contributed by atoms with Gasteiger partial charge >= 0.3 is 5.97 Å². The van der Waals surface area contributed by atoms with Crippen LogP contribution in [0.3, 0.4) is 0 Å². The van der Waals surface area contributed by atoms with E-state index < -0.39 is 5.97 Å². The number of hydrogen-bond acceptors (Lipinski definition) is 7. The predicted molar refractivity (Wildman–Crippen MR) is 177 cm³/mol. The Bertz CT molecular complexity index is 1730. The van der Waals surface area contributed by atoms with Gasteiger partial charge in [-0.05, 0) is 101 Å². The number of carboxylic acid groups (broad SMARTS) is 1. The van der Waals surface area contributed by atoms with E-state index in [-0.39, 0.29) is 22.6 Å². The molecule has 6 rings (SSSR count). The smallest absolute Gasteiger partial charge is 0.342 e. The first-order valence-corrected chi connectivity index (χ1v) is 16.1. The van der Waals surface area contributed by atoms with Crippen molar-refractivity contribution in [2.24, 2.45) is 0 Å². The Labute approximate surface area is 271 Å². The first kappa shape index (κ1) is 31.8. The minimum Gasteiger partial charge on any atom is -0.488 e. The molecule has 4 aromatic rings. The Morgan fingerprint density at radius 3 is 2.52 bits per heavy atom. The Balaban J connectivity index is 1.20. The zero-order valence-corrected chi connectivity index (χ0v) is 27.7. The summed E-state index contributed by atoms with van der Waals surface area (Å²) in [5, 5.41) is 13.9. The number of hydrogen-bond donors (Lipinski definition) is 1. The van der Waals surface area contributed by atoms with Gasteiger partial charge in [-0.15, -0.1) is 0 Å². The van der Waals surface area contributed by atoms with Gasteiger partial charge in [0.1, 0.15) is 17.9 Å². The van der Waals surface area contributed by atoms with Crippen molar-refractivity contribution in [3.05, 3.63) is 88.6 Å². The van der Waals surface area contributed by atoms with E-state index in [0.29, 0.717) is 30.8 Å². The van der Waals surface area contributed by atoms with E-state index in [1.807, 2.05) is 37.3 Å². The fourth-order valence-electron chi connectivity index (χ4n) is 7.14. The molecular weight excluding hydrogens is 580 g/mol. The van der Waals surface area contributed by atoms with Crippen LogP contribution in [0.15, 0.2) is 60.8 Å². The summed E-state index contributed by atoms with van der Waals surface area (Å²) >= 11 is 0. The number of benzene rings is 2. The molecule has 0 bridgehead atoms. The number of aromatic carboxylic acids is 1. The molecule has 2 aromatic heterocycles. The number of aromatic nitrogens is 3. The van der Waals surface area contributed by atoms with Crippen LogP contribution in [-0.4, -0.2) is 61.1 Å². The van der Waals surface area contributed by atoms with Gasteiger partial charge in [0.05, 0.1) is 29.7 Å². The quantitative estimate of drug-likeness (QED) is 0.212. The number of aryl methyl sites for hydroxylation is 1. The highest BCUT2D eigenvalue weighted by molar-refractivity contribution is 5.90. The molecule has 0 spiro atoms. The zero-order valence-electron chi connectivity index (χ0n) is 27.7. The fraction of sp³-hybridized carbons (Fsp3) is 0.432. The van der Waals surface area contributed by atoms with Gasteiger partial charge in [-0.2, -0.15) is 9.78 Å². The van der Waals surface area contributed by atoms with E-state index in [0.717, 1.165) is 54.8 Å². The molecule has 0 unspecified atom stereocenters. The first-order chi connectivity index (χ1) is 21.9. The predicted octanol–water partition coefficient (Wildman–Crippen LogP) is 7.01. The summed E-state index contributed by atoms with van der Waals surface area (Å²) in [6.07, 6.45) is 4.40. The molecular formula is C37H44N4O5. The number of nitrogens with zero attached hydrogens (tertiary/aromatic N) is 4. The van der Waals surface area contributed by atoms with Gasteiger partial charge < -0.3 is 19.3 Å². The van der Waals surface area contributed by atoms with Crippen molar-refractivity contribution in [1.82, 2.24) is 19.7 Å². The molecule has 9 heteroatoms. The highest BCUT2D eigenvalue weighted by Crippen LogP contribution is 2.39. The van der Waals surface area contributed by atoms with Crippen LogP contribution >= 0.6 is 0 Å². The van der Waals surface area contributed by atoms with Gasteiger partial charge in [-0.25, -0.2) is 9.78 Å².